The molecule has 2 aromatic rings. The highest BCUT2D eigenvalue weighted by molar-refractivity contribution is 6.00. The summed E-state index contributed by atoms with van der Waals surface area (Å²) in [4.78, 5) is 35.6. The van der Waals surface area contributed by atoms with Crippen molar-refractivity contribution in [3.8, 4) is 0 Å². The molecule has 8 nitrogen and oxygen atoms in total. The fourth-order valence-electron chi connectivity index (χ4n) is 4.90. The van der Waals surface area contributed by atoms with E-state index in [0.717, 1.165) is 22.9 Å². The molecule has 2 bridgehead atoms. The van der Waals surface area contributed by atoms with Crippen molar-refractivity contribution in [2.75, 3.05) is 29.5 Å². The number of hydrogen-bond acceptors (Lipinski definition) is 7. The Morgan fingerprint density at radius 3 is 2.60 bits per heavy atom. The second kappa shape index (κ2) is 8.21. The van der Waals surface area contributed by atoms with Crippen LogP contribution < -0.4 is 15.4 Å². The van der Waals surface area contributed by atoms with E-state index in [2.05, 4.69) is 9.97 Å². The van der Waals surface area contributed by atoms with Gasteiger partial charge in [0.15, 0.2) is 11.5 Å². The van der Waals surface area contributed by atoms with E-state index >= 15 is 0 Å². The molecule has 3 aliphatic rings. The highest BCUT2D eigenvalue weighted by atomic mass is 19.4. The van der Waals surface area contributed by atoms with Gasteiger partial charge in [0.1, 0.15) is 11.9 Å². The Labute approximate surface area is 194 Å². The molecule has 0 spiro atoms. The maximum absolute atomic E-state index is 13.9. The lowest BCUT2D eigenvalue weighted by atomic mass is 10.0. The van der Waals surface area contributed by atoms with Gasteiger partial charge in [-0.2, -0.15) is 31.3 Å². The average molecular weight is 503 g/mol. The summed E-state index contributed by atoms with van der Waals surface area (Å²) in [6.45, 7) is -0.567. The third kappa shape index (κ3) is 4.23. The molecular weight excluding hydrogens is 484 g/mol. The van der Waals surface area contributed by atoms with Gasteiger partial charge >= 0.3 is 12.4 Å². The first-order valence-electron chi connectivity index (χ1n) is 10.8. The van der Waals surface area contributed by atoms with Crippen LogP contribution in [0.2, 0.25) is 0 Å². The number of hydrogen-bond donors (Lipinski definition) is 0. The number of Topliss-reactive ketones (excluding diaryl/α,β-unsaturated/α-hetero) is 1. The summed E-state index contributed by atoms with van der Waals surface area (Å²) in [6, 6.07) is 0.887. The number of carbonyl (C=O) groups excluding carboxylic acids is 1. The lowest BCUT2D eigenvalue weighted by molar-refractivity contribution is -0.152. The maximum Gasteiger partial charge on any atom is 0.434 e. The summed E-state index contributed by atoms with van der Waals surface area (Å²) in [5.74, 6) is -1.48. The minimum atomic E-state index is -4.98. The number of halogens is 6. The van der Waals surface area contributed by atoms with Crippen molar-refractivity contribution < 1.29 is 35.9 Å². The molecule has 0 aromatic carbocycles. The number of ether oxygens (including phenoxy) is 1. The molecule has 0 amide bonds. The highest BCUT2D eigenvalue weighted by Gasteiger charge is 2.48. The van der Waals surface area contributed by atoms with Crippen LogP contribution in [0.3, 0.4) is 0 Å². The number of pyridine rings is 1. The smallest absolute Gasteiger partial charge is 0.374 e. The molecule has 0 aliphatic carbocycles. The molecule has 3 aliphatic heterocycles. The van der Waals surface area contributed by atoms with Gasteiger partial charge < -0.3 is 14.5 Å². The minimum Gasteiger partial charge on any atom is -0.374 e. The second-order valence-corrected chi connectivity index (χ2v) is 8.70. The molecule has 188 valence electrons. The molecule has 2 aromatic heterocycles. The zero-order valence-electron chi connectivity index (χ0n) is 18.0. The molecule has 0 radical (unpaired) electrons. The summed E-state index contributed by atoms with van der Waals surface area (Å²) < 4.78 is 88.4. The van der Waals surface area contributed by atoms with Crippen molar-refractivity contribution in [2.24, 2.45) is 0 Å². The Balaban J connectivity index is 1.55. The first-order chi connectivity index (χ1) is 16.4. The monoisotopic (exact) mass is 503 g/mol. The largest absolute Gasteiger partial charge is 0.434 e. The summed E-state index contributed by atoms with van der Waals surface area (Å²) >= 11 is 0. The molecule has 5 rings (SSSR count). The Bertz CT molecular complexity index is 1210. The number of ketones is 1. The standard InChI is InChI=1S/C21H19F6N5O3/c22-20(23,24)15-3-5-30-17(34)7-16(31-8-12-6-11(31)10-35-12)29-19(30)32(15)9-14(33)13-2-1-4-28-18(13)21(25,26)27/h1-2,4,7,11-12,15H,3,5-6,8-10H2/t11-,12-,15-/m0/s1. The molecular formula is C21H19F6N5O3. The van der Waals surface area contributed by atoms with Crippen LogP contribution in [-0.4, -0.2) is 64.4 Å². The van der Waals surface area contributed by atoms with Gasteiger partial charge in [0.25, 0.3) is 5.56 Å². The number of rotatable bonds is 4. The van der Waals surface area contributed by atoms with E-state index in [9.17, 15) is 35.9 Å². The van der Waals surface area contributed by atoms with Gasteiger partial charge in [-0.05, 0) is 25.0 Å². The normalized spacial score (nSPS) is 24.1. The van der Waals surface area contributed by atoms with Crippen molar-refractivity contribution >= 4 is 17.5 Å². The molecule has 0 unspecified atom stereocenters. The Kier molecular flexibility index (Phi) is 5.53. The number of nitrogens with zero attached hydrogens (tertiary/aromatic N) is 5. The third-order valence-electron chi connectivity index (χ3n) is 6.50. The van der Waals surface area contributed by atoms with E-state index in [1.807, 2.05) is 0 Å². The van der Waals surface area contributed by atoms with Crippen LogP contribution in [0.1, 0.15) is 28.9 Å². The lowest BCUT2D eigenvalue weighted by Crippen LogP contribution is -2.54. The SMILES string of the molecule is O=C(CN1c2nc(N3C[C@@H]4C[C@H]3CO4)cc(=O)n2CC[C@H]1C(F)(F)F)c1cccnc1C(F)(F)F. The zero-order chi connectivity index (χ0) is 25.1. The minimum absolute atomic E-state index is 0.0763. The van der Waals surface area contributed by atoms with E-state index in [-0.39, 0.29) is 24.5 Å². The van der Waals surface area contributed by atoms with Crippen LogP contribution in [0.4, 0.5) is 38.1 Å². The number of morpholine rings is 1. The van der Waals surface area contributed by atoms with E-state index in [1.54, 1.807) is 4.90 Å². The van der Waals surface area contributed by atoms with Gasteiger partial charge in [0.05, 0.1) is 30.9 Å². The molecule has 2 fully saturated rings. The highest BCUT2D eigenvalue weighted by Crippen LogP contribution is 2.37. The molecule has 3 atom stereocenters. The number of alkyl halides is 6. The number of aromatic nitrogens is 3. The van der Waals surface area contributed by atoms with Crippen molar-refractivity contribution in [1.82, 2.24) is 14.5 Å². The molecule has 14 heteroatoms. The number of carbonyl (C=O) groups is 1. The topological polar surface area (TPSA) is 80.6 Å². The molecule has 0 saturated carbocycles. The predicted molar refractivity (Wildman–Crippen MR) is 109 cm³/mol. The average Bonchev–Trinajstić information content (AvgIpc) is 3.42. The van der Waals surface area contributed by atoms with Gasteiger partial charge in [-0.1, -0.05) is 0 Å². The van der Waals surface area contributed by atoms with Crippen molar-refractivity contribution in [3.05, 3.63) is 46.0 Å². The second-order valence-electron chi connectivity index (χ2n) is 8.70. The number of anilines is 2. The lowest BCUT2D eigenvalue weighted by Gasteiger charge is -2.39. The molecule has 2 saturated heterocycles. The van der Waals surface area contributed by atoms with Gasteiger partial charge in [-0.15, -0.1) is 0 Å². The van der Waals surface area contributed by atoms with Crippen LogP contribution in [0.25, 0.3) is 0 Å². The van der Waals surface area contributed by atoms with Crippen molar-refractivity contribution in [1.29, 1.82) is 0 Å². The summed E-state index contributed by atoms with van der Waals surface area (Å²) in [5.41, 5.74) is -2.95. The Hall–Kier alpha value is -3.16. The fourth-order valence-corrected chi connectivity index (χ4v) is 4.90. The zero-order valence-corrected chi connectivity index (χ0v) is 18.0. The van der Waals surface area contributed by atoms with E-state index in [4.69, 9.17) is 4.74 Å². The van der Waals surface area contributed by atoms with Gasteiger partial charge in [-0.3, -0.25) is 19.1 Å². The van der Waals surface area contributed by atoms with E-state index in [1.165, 1.54) is 6.07 Å². The van der Waals surface area contributed by atoms with Crippen molar-refractivity contribution in [3.63, 3.8) is 0 Å². The Morgan fingerprint density at radius 1 is 1.20 bits per heavy atom. The van der Waals surface area contributed by atoms with E-state index in [0.29, 0.717) is 24.5 Å². The molecule has 5 heterocycles. The first-order valence-corrected chi connectivity index (χ1v) is 10.8. The van der Waals surface area contributed by atoms with Crippen LogP contribution >= 0.6 is 0 Å². The molecule has 0 N–H and O–H groups in total. The van der Waals surface area contributed by atoms with Crippen LogP contribution in [0.5, 0.6) is 0 Å². The summed E-state index contributed by atoms with van der Waals surface area (Å²) in [6.07, 6.45) is -8.90. The van der Waals surface area contributed by atoms with Crippen molar-refractivity contribution in [2.45, 2.75) is 49.9 Å². The van der Waals surface area contributed by atoms with Gasteiger partial charge in [0.2, 0.25) is 5.95 Å². The summed E-state index contributed by atoms with van der Waals surface area (Å²) in [5, 5.41) is 0. The Morgan fingerprint density at radius 2 is 1.97 bits per heavy atom. The van der Waals surface area contributed by atoms with Crippen LogP contribution in [0.15, 0.2) is 29.2 Å². The van der Waals surface area contributed by atoms with E-state index < -0.39 is 59.9 Å². The third-order valence-corrected chi connectivity index (χ3v) is 6.50. The van der Waals surface area contributed by atoms with Crippen LogP contribution in [-0.2, 0) is 17.5 Å². The predicted octanol–water partition coefficient (Wildman–Crippen LogP) is 2.66. The summed E-state index contributed by atoms with van der Waals surface area (Å²) in [7, 11) is 0. The van der Waals surface area contributed by atoms with Gasteiger partial charge in [-0.25, -0.2) is 0 Å². The number of fused-ring (bicyclic) bond motifs is 3. The fraction of sp³-hybridized carbons (Fsp3) is 0.524. The van der Waals surface area contributed by atoms with Crippen LogP contribution in [0, 0.1) is 0 Å². The van der Waals surface area contributed by atoms with Gasteiger partial charge in [0, 0.05) is 25.4 Å². The first kappa shape index (κ1) is 23.6. The molecule has 35 heavy (non-hydrogen) atoms. The maximum atomic E-state index is 13.9. The quantitative estimate of drug-likeness (QED) is 0.469.